The Morgan fingerprint density at radius 1 is 1.58 bits per heavy atom. The molecule has 4 atom stereocenters. The quantitative estimate of drug-likeness (QED) is 0.452. The zero-order chi connectivity index (χ0) is 8.77. The van der Waals surface area contributed by atoms with Crippen molar-refractivity contribution < 1.29 is 4.79 Å². The number of allylic oxidation sites excluding steroid dienone is 2. The van der Waals surface area contributed by atoms with Gasteiger partial charge in [0.15, 0.2) is 0 Å². The summed E-state index contributed by atoms with van der Waals surface area (Å²) >= 11 is 0. The van der Waals surface area contributed by atoms with Crippen LogP contribution in [0.2, 0.25) is 0 Å². The van der Waals surface area contributed by atoms with E-state index < -0.39 is 0 Å². The maximum atomic E-state index is 10.6. The Morgan fingerprint density at radius 3 is 2.83 bits per heavy atom. The third-order valence-corrected chi connectivity index (χ3v) is 4.13. The molecule has 1 heteroatoms. The molecule has 0 aromatic heterocycles. The second-order valence-corrected chi connectivity index (χ2v) is 4.48. The fourth-order valence-corrected chi connectivity index (χ4v) is 2.98. The summed E-state index contributed by atoms with van der Waals surface area (Å²) in [4.78, 5) is 10.6. The summed E-state index contributed by atoms with van der Waals surface area (Å²) in [5.74, 6) is 2.22. The van der Waals surface area contributed by atoms with E-state index in [-0.39, 0.29) is 5.41 Å². The molecule has 1 fully saturated rings. The second-order valence-electron chi connectivity index (χ2n) is 4.48. The maximum absolute atomic E-state index is 10.6. The predicted molar refractivity (Wildman–Crippen MR) is 48.7 cm³/mol. The van der Waals surface area contributed by atoms with Crippen molar-refractivity contribution in [2.75, 3.05) is 0 Å². The van der Waals surface area contributed by atoms with Crippen LogP contribution in [0.1, 0.15) is 26.7 Å². The van der Waals surface area contributed by atoms with Crippen LogP contribution < -0.4 is 0 Å². The summed E-state index contributed by atoms with van der Waals surface area (Å²) in [5.41, 5.74) is 0.242. The first-order valence-corrected chi connectivity index (χ1v) is 4.82. The lowest BCUT2D eigenvalue weighted by Gasteiger charge is -2.30. The zero-order valence-corrected chi connectivity index (χ0v) is 7.79. The standard InChI is InChI=1S/C11H16O/c1-8-9(2)11(5-6-12)4-3-10(8)7-11/h3-4,6,8-10H,5,7H2,1-2H3. The third-order valence-electron chi connectivity index (χ3n) is 4.13. The van der Waals surface area contributed by atoms with Crippen molar-refractivity contribution >= 4 is 6.29 Å². The van der Waals surface area contributed by atoms with Crippen molar-refractivity contribution in [3.63, 3.8) is 0 Å². The van der Waals surface area contributed by atoms with Gasteiger partial charge in [0.1, 0.15) is 6.29 Å². The molecule has 0 aliphatic heterocycles. The van der Waals surface area contributed by atoms with Crippen molar-refractivity contribution in [1.29, 1.82) is 0 Å². The summed E-state index contributed by atoms with van der Waals surface area (Å²) in [6, 6.07) is 0. The van der Waals surface area contributed by atoms with Gasteiger partial charge in [-0.2, -0.15) is 0 Å². The van der Waals surface area contributed by atoms with E-state index >= 15 is 0 Å². The minimum absolute atomic E-state index is 0.242. The Balaban J connectivity index is 2.27. The van der Waals surface area contributed by atoms with Gasteiger partial charge < -0.3 is 4.79 Å². The van der Waals surface area contributed by atoms with Crippen LogP contribution in [0.5, 0.6) is 0 Å². The Labute approximate surface area is 73.8 Å². The fraction of sp³-hybridized carbons (Fsp3) is 0.727. The highest BCUT2D eigenvalue weighted by Gasteiger charge is 2.50. The first-order valence-electron chi connectivity index (χ1n) is 4.82. The average Bonchev–Trinajstić information content (AvgIpc) is 2.55. The van der Waals surface area contributed by atoms with Crippen LogP contribution in [-0.2, 0) is 4.79 Å². The van der Waals surface area contributed by atoms with Gasteiger partial charge in [-0.05, 0) is 29.6 Å². The number of hydrogen-bond acceptors (Lipinski definition) is 1. The highest BCUT2D eigenvalue weighted by Crippen LogP contribution is 2.57. The van der Waals surface area contributed by atoms with Gasteiger partial charge in [-0.25, -0.2) is 0 Å². The predicted octanol–water partition coefficient (Wildman–Crippen LogP) is 2.42. The summed E-state index contributed by atoms with van der Waals surface area (Å²) in [6.45, 7) is 4.60. The zero-order valence-electron chi connectivity index (χ0n) is 7.79. The monoisotopic (exact) mass is 164 g/mol. The molecule has 66 valence electrons. The molecule has 12 heavy (non-hydrogen) atoms. The second kappa shape index (κ2) is 2.45. The molecule has 1 nitrogen and oxygen atoms in total. The first kappa shape index (κ1) is 8.03. The van der Waals surface area contributed by atoms with E-state index in [0.29, 0.717) is 5.92 Å². The van der Waals surface area contributed by atoms with Crippen LogP contribution in [0.4, 0.5) is 0 Å². The molecule has 0 saturated heterocycles. The van der Waals surface area contributed by atoms with E-state index in [0.717, 1.165) is 24.5 Å². The van der Waals surface area contributed by atoms with Crippen molar-refractivity contribution in [2.45, 2.75) is 26.7 Å². The highest BCUT2D eigenvalue weighted by molar-refractivity contribution is 5.52. The number of carbonyl (C=O) groups is 1. The maximum Gasteiger partial charge on any atom is 0.120 e. The first-order chi connectivity index (χ1) is 5.69. The van der Waals surface area contributed by atoms with Crippen LogP contribution >= 0.6 is 0 Å². The summed E-state index contributed by atoms with van der Waals surface area (Å²) in [6.07, 6.45) is 7.63. The smallest absolute Gasteiger partial charge is 0.120 e. The molecule has 0 aromatic carbocycles. The molecular weight excluding hydrogens is 148 g/mol. The molecule has 0 N–H and O–H groups in total. The van der Waals surface area contributed by atoms with Crippen molar-refractivity contribution in [3.8, 4) is 0 Å². The van der Waals surface area contributed by atoms with E-state index in [9.17, 15) is 4.79 Å². The van der Waals surface area contributed by atoms with Crippen molar-refractivity contribution in [3.05, 3.63) is 12.2 Å². The van der Waals surface area contributed by atoms with Crippen LogP contribution in [-0.4, -0.2) is 6.29 Å². The molecule has 2 aliphatic rings. The Bertz CT molecular complexity index is 231. The molecule has 0 heterocycles. The Hall–Kier alpha value is -0.590. The number of rotatable bonds is 2. The molecule has 0 spiro atoms. The van der Waals surface area contributed by atoms with Crippen LogP contribution in [0.25, 0.3) is 0 Å². The van der Waals surface area contributed by atoms with Crippen LogP contribution in [0, 0.1) is 23.2 Å². The number of carbonyl (C=O) groups excluding carboxylic acids is 1. The van der Waals surface area contributed by atoms with Crippen molar-refractivity contribution in [1.82, 2.24) is 0 Å². The molecule has 2 aliphatic carbocycles. The Morgan fingerprint density at radius 2 is 2.33 bits per heavy atom. The van der Waals surface area contributed by atoms with Crippen LogP contribution in [0.3, 0.4) is 0 Å². The molecule has 2 bridgehead atoms. The van der Waals surface area contributed by atoms with Gasteiger partial charge in [0.25, 0.3) is 0 Å². The van der Waals surface area contributed by atoms with Crippen molar-refractivity contribution in [2.24, 2.45) is 23.2 Å². The largest absolute Gasteiger partial charge is 0.303 e. The summed E-state index contributed by atoms with van der Waals surface area (Å²) in [7, 11) is 0. The minimum Gasteiger partial charge on any atom is -0.303 e. The molecule has 1 saturated carbocycles. The highest BCUT2D eigenvalue weighted by atomic mass is 16.1. The van der Waals surface area contributed by atoms with Gasteiger partial charge in [-0.1, -0.05) is 26.0 Å². The topological polar surface area (TPSA) is 17.1 Å². The van der Waals surface area contributed by atoms with E-state index in [1.54, 1.807) is 0 Å². The van der Waals surface area contributed by atoms with Gasteiger partial charge in [0.2, 0.25) is 0 Å². The summed E-state index contributed by atoms with van der Waals surface area (Å²) in [5, 5.41) is 0. The molecule has 0 aromatic rings. The molecule has 2 rings (SSSR count). The van der Waals surface area contributed by atoms with Gasteiger partial charge in [0.05, 0.1) is 0 Å². The van der Waals surface area contributed by atoms with E-state index in [1.165, 1.54) is 6.42 Å². The number of hydrogen-bond donors (Lipinski definition) is 0. The lowest BCUT2D eigenvalue weighted by molar-refractivity contribution is -0.109. The van der Waals surface area contributed by atoms with Gasteiger partial charge in [-0.3, -0.25) is 0 Å². The average molecular weight is 164 g/mol. The normalized spacial score (nSPS) is 50.0. The number of aldehydes is 1. The van der Waals surface area contributed by atoms with E-state index in [2.05, 4.69) is 26.0 Å². The molecule has 4 unspecified atom stereocenters. The minimum atomic E-state index is 0.242. The Kier molecular flexibility index (Phi) is 1.64. The lowest BCUT2D eigenvalue weighted by Crippen LogP contribution is -2.24. The van der Waals surface area contributed by atoms with Gasteiger partial charge in [-0.15, -0.1) is 0 Å². The molecule has 0 amide bonds. The van der Waals surface area contributed by atoms with Gasteiger partial charge in [0, 0.05) is 6.42 Å². The van der Waals surface area contributed by atoms with E-state index in [4.69, 9.17) is 0 Å². The molecule has 0 radical (unpaired) electrons. The van der Waals surface area contributed by atoms with Crippen LogP contribution in [0.15, 0.2) is 12.2 Å². The lowest BCUT2D eigenvalue weighted by atomic mass is 9.74. The third kappa shape index (κ3) is 0.825. The summed E-state index contributed by atoms with van der Waals surface area (Å²) < 4.78 is 0. The number of fused-ring (bicyclic) bond motifs is 2. The van der Waals surface area contributed by atoms with E-state index in [1.807, 2.05) is 0 Å². The van der Waals surface area contributed by atoms with Gasteiger partial charge >= 0.3 is 0 Å². The fourth-order valence-electron chi connectivity index (χ4n) is 2.98. The SMILES string of the molecule is CC1C2C=CC(CC=O)(C2)C1C. The molecular formula is C11H16O.